The van der Waals surface area contributed by atoms with E-state index in [9.17, 15) is 9.59 Å². The minimum atomic E-state index is -0.315. The number of amides is 1. The highest BCUT2D eigenvalue weighted by atomic mass is 32.1. The van der Waals surface area contributed by atoms with Crippen molar-refractivity contribution in [2.75, 3.05) is 38.0 Å². The molecule has 6 nitrogen and oxygen atoms in total. The predicted octanol–water partition coefficient (Wildman–Crippen LogP) is 4.26. The number of carbonyl (C=O) groups excluding carboxylic acids is 2. The van der Waals surface area contributed by atoms with Gasteiger partial charge in [-0.2, -0.15) is 0 Å². The molecule has 2 heterocycles. The van der Waals surface area contributed by atoms with Crippen LogP contribution in [0.5, 0.6) is 0 Å². The second-order valence-electron chi connectivity index (χ2n) is 9.40. The maximum Gasteiger partial charge on any atom is 0.341 e. The molecule has 4 rings (SSSR count). The van der Waals surface area contributed by atoms with E-state index >= 15 is 0 Å². The number of piperazine rings is 1. The number of esters is 1. The van der Waals surface area contributed by atoms with E-state index in [0.29, 0.717) is 17.1 Å². The van der Waals surface area contributed by atoms with Crippen molar-refractivity contribution in [1.82, 2.24) is 9.80 Å². The van der Waals surface area contributed by atoms with Crippen molar-refractivity contribution in [2.45, 2.75) is 59.1 Å². The van der Waals surface area contributed by atoms with Gasteiger partial charge in [-0.1, -0.05) is 24.3 Å². The monoisotopic (exact) mass is 469 g/mol. The number of fused-ring (bicyclic) bond motifs is 1. The van der Waals surface area contributed by atoms with E-state index < -0.39 is 0 Å². The Morgan fingerprint density at radius 1 is 1.06 bits per heavy atom. The molecule has 0 radical (unpaired) electrons. The van der Waals surface area contributed by atoms with Crippen LogP contribution in [-0.4, -0.2) is 60.5 Å². The Kier molecular flexibility index (Phi) is 7.83. The first-order valence-corrected chi connectivity index (χ1v) is 12.9. The van der Waals surface area contributed by atoms with Gasteiger partial charge in [0.1, 0.15) is 5.00 Å². The van der Waals surface area contributed by atoms with Gasteiger partial charge in [-0.25, -0.2) is 4.79 Å². The number of hydrogen-bond donors (Lipinski definition) is 1. The largest absolute Gasteiger partial charge is 0.459 e. The molecule has 1 saturated heterocycles. The van der Waals surface area contributed by atoms with E-state index in [0.717, 1.165) is 64.0 Å². The minimum absolute atomic E-state index is 0.0560. The third-order valence-electron chi connectivity index (χ3n) is 6.46. The number of anilines is 1. The summed E-state index contributed by atoms with van der Waals surface area (Å²) in [6.45, 7) is 10.8. The Morgan fingerprint density at radius 3 is 2.48 bits per heavy atom. The molecule has 0 atom stereocenters. The SMILES string of the molecule is Cc1ccccc1CN1CCN(CC(=O)Nc2sc3c(c2C(=O)OC(C)C)CCCC3)CC1. The molecule has 178 valence electrons. The summed E-state index contributed by atoms with van der Waals surface area (Å²) in [4.78, 5) is 31.6. The van der Waals surface area contributed by atoms with E-state index in [4.69, 9.17) is 4.74 Å². The van der Waals surface area contributed by atoms with Gasteiger partial charge in [0.15, 0.2) is 0 Å². The van der Waals surface area contributed by atoms with Gasteiger partial charge in [0, 0.05) is 37.6 Å². The number of benzene rings is 1. The number of rotatable bonds is 7. The Bertz CT molecular complexity index is 993. The number of thiophene rings is 1. The zero-order chi connectivity index (χ0) is 23.4. The van der Waals surface area contributed by atoms with E-state index in [1.54, 1.807) is 11.3 Å². The fourth-order valence-electron chi connectivity index (χ4n) is 4.65. The molecule has 1 N–H and O–H groups in total. The van der Waals surface area contributed by atoms with Crippen molar-refractivity contribution < 1.29 is 14.3 Å². The van der Waals surface area contributed by atoms with Gasteiger partial charge in [-0.15, -0.1) is 11.3 Å². The summed E-state index contributed by atoms with van der Waals surface area (Å²) in [6.07, 6.45) is 3.88. The molecule has 1 aromatic heterocycles. The fourth-order valence-corrected chi connectivity index (χ4v) is 5.94. The lowest BCUT2D eigenvalue weighted by molar-refractivity contribution is -0.117. The Morgan fingerprint density at radius 2 is 1.76 bits per heavy atom. The molecule has 0 unspecified atom stereocenters. The van der Waals surface area contributed by atoms with Crippen molar-refractivity contribution in [1.29, 1.82) is 0 Å². The molecule has 1 aliphatic carbocycles. The average Bonchev–Trinajstić information content (AvgIpc) is 3.14. The van der Waals surface area contributed by atoms with Crippen molar-refractivity contribution in [3.63, 3.8) is 0 Å². The molecule has 2 aromatic rings. The number of hydrogen-bond acceptors (Lipinski definition) is 6. The second kappa shape index (κ2) is 10.8. The normalized spacial score (nSPS) is 17.1. The number of ether oxygens (including phenoxy) is 1. The Hall–Kier alpha value is -2.22. The average molecular weight is 470 g/mol. The summed E-state index contributed by atoms with van der Waals surface area (Å²) in [7, 11) is 0. The smallest absolute Gasteiger partial charge is 0.341 e. The standard InChI is InChI=1S/C26H35N3O3S/c1-18(2)32-26(31)24-21-10-6-7-11-22(21)33-25(24)27-23(30)17-29-14-12-28(13-15-29)16-20-9-5-4-8-19(20)3/h4-5,8-9,18H,6-7,10-17H2,1-3H3,(H,27,30). The predicted molar refractivity (Wildman–Crippen MR) is 133 cm³/mol. The lowest BCUT2D eigenvalue weighted by Gasteiger charge is -2.34. The van der Waals surface area contributed by atoms with Gasteiger partial charge in [0.25, 0.3) is 0 Å². The van der Waals surface area contributed by atoms with Gasteiger partial charge in [0.2, 0.25) is 5.91 Å². The number of carbonyl (C=O) groups is 2. The fraction of sp³-hybridized carbons (Fsp3) is 0.538. The van der Waals surface area contributed by atoms with Crippen LogP contribution in [-0.2, 0) is 28.9 Å². The van der Waals surface area contributed by atoms with Crippen LogP contribution >= 0.6 is 11.3 Å². The highest BCUT2D eigenvalue weighted by Gasteiger charge is 2.28. The Balaban J connectivity index is 1.34. The molecule has 2 aliphatic rings. The number of nitrogens with zero attached hydrogens (tertiary/aromatic N) is 2. The summed E-state index contributed by atoms with van der Waals surface area (Å²) in [5.74, 6) is -0.371. The summed E-state index contributed by atoms with van der Waals surface area (Å²) >= 11 is 1.55. The Labute approximate surface area is 200 Å². The van der Waals surface area contributed by atoms with E-state index in [-0.39, 0.29) is 18.0 Å². The van der Waals surface area contributed by atoms with Crippen LogP contribution in [0.1, 0.15) is 58.6 Å². The van der Waals surface area contributed by atoms with Crippen LogP contribution in [0.2, 0.25) is 0 Å². The van der Waals surface area contributed by atoms with Gasteiger partial charge in [-0.05, 0) is 63.1 Å². The number of nitrogens with one attached hydrogen (secondary N) is 1. The third kappa shape index (κ3) is 6.02. The molecule has 33 heavy (non-hydrogen) atoms. The highest BCUT2D eigenvalue weighted by molar-refractivity contribution is 7.17. The van der Waals surface area contributed by atoms with Gasteiger partial charge in [-0.3, -0.25) is 14.6 Å². The third-order valence-corrected chi connectivity index (χ3v) is 7.67. The first-order chi connectivity index (χ1) is 15.9. The molecule has 7 heteroatoms. The minimum Gasteiger partial charge on any atom is -0.459 e. The van der Waals surface area contributed by atoms with Crippen molar-refractivity contribution in [2.24, 2.45) is 0 Å². The molecule has 0 saturated carbocycles. The summed E-state index contributed by atoms with van der Waals surface area (Å²) in [5, 5.41) is 3.71. The van der Waals surface area contributed by atoms with Gasteiger partial charge in [0.05, 0.1) is 18.2 Å². The van der Waals surface area contributed by atoms with Crippen LogP contribution < -0.4 is 5.32 Å². The summed E-state index contributed by atoms with van der Waals surface area (Å²) < 4.78 is 5.50. The zero-order valence-electron chi connectivity index (χ0n) is 20.0. The van der Waals surface area contributed by atoms with E-state index in [1.807, 2.05) is 13.8 Å². The van der Waals surface area contributed by atoms with Crippen molar-refractivity contribution in [3.05, 3.63) is 51.4 Å². The topological polar surface area (TPSA) is 61.9 Å². The first kappa shape index (κ1) is 23.9. The first-order valence-electron chi connectivity index (χ1n) is 12.0. The molecule has 1 aliphatic heterocycles. The quantitative estimate of drug-likeness (QED) is 0.614. The molecular weight excluding hydrogens is 434 g/mol. The number of aryl methyl sites for hydroxylation is 2. The molecule has 0 bridgehead atoms. The van der Waals surface area contributed by atoms with Crippen LogP contribution in [0, 0.1) is 6.92 Å². The lowest BCUT2D eigenvalue weighted by atomic mass is 9.95. The molecule has 0 spiro atoms. The van der Waals surface area contributed by atoms with Crippen LogP contribution in [0.4, 0.5) is 5.00 Å². The molecule has 1 aromatic carbocycles. The lowest BCUT2D eigenvalue weighted by Crippen LogP contribution is -2.48. The van der Waals surface area contributed by atoms with E-state index in [2.05, 4.69) is 46.3 Å². The van der Waals surface area contributed by atoms with E-state index in [1.165, 1.54) is 16.0 Å². The maximum absolute atomic E-state index is 12.9. The van der Waals surface area contributed by atoms with Crippen LogP contribution in [0.25, 0.3) is 0 Å². The van der Waals surface area contributed by atoms with Crippen molar-refractivity contribution in [3.8, 4) is 0 Å². The van der Waals surface area contributed by atoms with Gasteiger partial charge >= 0.3 is 5.97 Å². The summed E-state index contributed by atoms with van der Waals surface area (Å²) in [6, 6.07) is 8.52. The summed E-state index contributed by atoms with van der Waals surface area (Å²) in [5.41, 5.74) is 4.35. The molecule has 1 amide bonds. The highest BCUT2D eigenvalue weighted by Crippen LogP contribution is 2.38. The van der Waals surface area contributed by atoms with Crippen molar-refractivity contribution >= 4 is 28.2 Å². The maximum atomic E-state index is 12.9. The molecular formula is C26H35N3O3S. The van der Waals surface area contributed by atoms with Crippen LogP contribution in [0.3, 0.4) is 0 Å². The zero-order valence-corrected chi connectivity index (χ0v) is 20.8. The van der Waals surface area contributed by atoms with Gasteiger partial charge < -0.3 is 10.1 Å². The second-order valence-corrected chi connectivity index (χ2v) is 10.5. The van der Waals surface area contributed by atoms with Crippen LogP contribution in [0.15, 0.2) is 24.3 Å². The molecule has 1 fully saturated rings.